The number of rotatable bonds is 5. The Morgan fingerprint density at radius 3 is 2.73 bits per heavy atom. The summed E-state index contributed by atoms with van der Waals surface area (Å²) in [4.78, 5) is 15.4. The van der Waals surface area contributed by atoms with Crippen molar-refractivity contribution in [1.29, 1.82) is 0 Å². The lowest BCUT2D eigenvalue weighted by atomic mass is 10.2. The number of hydrogen-bond acceptors (Lipinski definition) is 3. The van der Waals surface area contributed by atoms with Gasteiger partial charge in [-0.15, -0.1) is 0 Å². The van der Waals surface area contributed by atoms with Crippen LogP contribution in [0.4, 0.5) is 5.82 Å². The van der Waals surface area contributed by atoms with Gasteiger partial charge in [0.05, 0.1) is 0 Å². The highest BCUT2D eigenvalue weighted by molar-refractivity contribution is 5.93. The zero-order chi connectivity index (χ0) is 11.3. The van der Waals surface area contributed by atoms with Crippen LogP contribution in [0.15, 0.2) is 12.1 Å². The van der Waals surface area contributed by atoms with Gasteiger partial charge in [0.2, 0.25) is 5.91 Å². The van der Waals surface area contributed by atoms with Gasteiger partial charge in [0.25, 0.3) is 0 Å². The first kappa shape index (κ1) is 11.5. The quantitative estimate of drug-likeness (QED) is 0.770. The van der Waals surface area contributed by atoms with Gasteiger partial charge in [0, 0.05) is 17.8 Å². The molecule has 1 rings (SSSR count). The van der Waals surface area contributed by atoms with E-state index in [4.69, 9.17) is 5.73 Å². The summed E-state index contributed by atoms with van der Waals surface area (Å²) in [6.45, 7) is 4.92. The van der Waals surface area contributed by atoms with Crippen molar-refractivity contribution < 1.29 is 4.79 Å². The molecule has 0 unspecified atom stereocenters. The van der Waals surface area contributed by atoms with Crippen LogP contribution in [0.5, 0.6) is 0 Å². The highest BCUT2D eigenvalue weighted by Gasteiger charge is 2.05. The van der Waals surface area contributed by atoms with Crippen molar-refractivity contribution in [2.24, 2.45) is 5.73 Å². The molecule has 1 aromatic rings. The van der Waals surface area contributed by atoms with E-state index in [2.05, 4.69) is 17.2 Å². The highest BCUT2D eigenvalue weighted by atomic mass is 16.1. The Morgan fingerprint density at radius 2 is 2.20 bits per heavy atom. The lowest BCUT2D eigenvalue weighted by Crippen LogP contribution is -2.13. The predicted molar refractivity (Wildman–Crippen MR) is 60.9 cm³/mol. The molecule has 4 nitrogen and oxygen atoms in total. The number of hydrogen-bond donors (Lipinski definition) is 2. The fourth-order valence-corrected chi connectivity index (χ4v) is 1.25. The second kappa shape index (κ2) is 5.34. The Morgan fingerprint density at radius 1 is 1.47 bits per heavy atom. The third-order valence-electron chi connectivity index (χ3n) is 2.08. The summed E-state index contributed by atoms with van der Waals surface area (Å²) in [7, 11) is 0. The van der Waals surface area contributed by atoms with Crippen LogP contribution in [0.25, 0.3) is 0 Å². The number of nitrogens with one attached hydrogen (secondary N) is 1. The van der Waals surface area contributed by atoms with Crippen LogP contribution in [0.3, 0.4) is 0 Å². The van der Waals surface area contributed by atoms with Crippen molar-refractivity contribution in [2.45, 2.75) is 26.7 Å². The molecule has 0 aliphatic carbocycles. The maximum Gasteiger partial charge on any atom is 0.248 e. The van der Waals surface area contributed by atoms with E-state index in [1.54, 1.807) is 12.1 Å². The van der Waals surface area contributed by atoms with E-state index >= 15 is 0 Å². The molecule has 4 heteroatoms. The maximum absolute atomic E-state index is 11.1. The molecule has 1 amide bonds. The molecule has 0 saturated carbocycles. The molecule has 3 N–H and O–H groups in total. The molecule has 1 aromatic heterocycles. The average Bonchev–Trinajstić information content (AvgIpc) is 2.25. The largest absolute Gasteiger partial charge is 0.370 e. The summed E-state index contributed by atoms with van der Waals surface area (Å²) in [5, 5.41) is 3.15. The van der Waals surface area contributed by atoms with Crippen molar-refractivity contribution in [3.63, 3.8) is 0 Å². The topological polar surface area (TPSA) is 68.0 Å². The number of anilines is 1. The first-order valence-electron chi connectivity index (χ1n) is 5.22. The molecule has 0 bridgehead atoms. The van der Waals surface area contributed by atoms with Crippen LogP contribution in [-0.2, 0) is 6.42 Å². The van der Waals surface area contributed by atoms with Gasteiger partial charge in [-0.2, -0.15) is 0 Å². The minimum atomic E-state index is -0.411. The van der Waals surface area contributed by atoms with Crippen LogP contribution in [0.2, 0.25) is 0 Å². The SMILES string of the molecule is CCCNc1cc(C(N)=O)cc(CC)n1. The molecule has 0 aliphatic heterocycles. The summed E-state index contributed by atoms with van der Waals surface area (Å²) in [5.74, 6) is 0.316. The highest BCUT2D eigenvalue weighted by Crippen LogP contribution is 2.10. The third-order valence-corrected chi connectivity index (χ3v) is 2.08. The van der Waals surface area contributed by atoms with Crippen LogP contribution < -0.4 is 11.1 Å². The summed E-state index contributed by atoms with van der Waals surface area (Å²) in [6, 6.07) is 3.43. The average molecular weight is 207 g/mol. The van der Waals surface area contributed by atoms with Gasteiger partial charge < -0.3 is 11.1 Å². The number of nitrogens with two attached hydrogens (primary N) is 1. The number of amides is 1. The fraction of sp³-hybridized carbons (Fsp3) is 0.455. The summed E-state index contributed by atoms with van der Waals surface area (Å²) in [6.07, 6.45) is 1.81. The third kappa shape index (κ3) is 3.23. The normalized spacial score (nSPS) is 10.0. The molecular weight excluding hydrogens is 190 g/mol. The molecule has 0 aliphatic rings. The van der Waals surface area contributed by atoms with Gasteiger partial charge in [-0.3, -0.25) is 4.79 Å². The van der Waals surface area contributed by atoms with E-state index in [9.17, 15) is 4.79 Å². The van der Waals surface area contributed by atoms with E-state index in [0.29, 0.717) is 5.56 Å². The van der Waals surface area contributed by atoms with E-state index in [0.717, 1.165) is 30.9 Å². The van der Waals surface area contributed by atoms with Gasteiger partial charge in [-0.25, -0.2) is 4.98 Å². The predicted octanol–water partition coefficient (Wildman–Crippen LogP) is 1.56. The summed E-state index contributed by atoms with van der Waals surface area (Å²) >= 11 is 0. The molecule has 0 radical (unpaired) electrons. The standard InChI is InChI=1S/C11H17N3O/c1-3-5-13-10-7-8(11(12)15)6-9(4-2)14-10/h6-7H,3-5H2,1-2H3,(H2,12,15)(H,13,14). The number of pyridine rings is 1. The van der Waals surface area contributed by atoms with Crippen LogP contribution in [0.1, 0.15) is 36.3 Å². The smallest absolute Gasteiger partial charge is 0.248 e. The van der Waals surface area contributed by atoms with Crippen molar-refractivity contribution in [3.05, 3.63) is 23.4 Å². The molecule has 0 atom stereocenters. The van der Waals surface area contributed by atoms with Gasteiger partial charge in [0.15, 0.2) is 0 Å². The molecule has 1 heterocycles. The number of carbonyl (C=O) groups is 1. The molecule has 0 aromatic carbocycles. The zero-order valence-corrected chi connectivity index (χ0v) is 9.21. The Balaban J connectivity index is 2.95. The molecule has 15 heavy (non-hydrogen) atoms. The zero-order valence-electron chi connectivity index (χ0n) is 9.21. The number of primary amides is 1. The van der Waals surface area contributed by atoms with Crippen LogP contribution >= 0.6 is 0 Å². The number of nitrogens with zero attached hydrogens (tertiary/aromatic N) is 1. The Labute approximate surface area is 89.9 Å². The van der Waals surface area contributed by atoms with Crippen LogP contribution in [0, 0.1) is 0 Å². The van der Waals surface area contributed by atoms with E-state index in [1.807, 2.05) is 6.92 Å². The first-order valence-corrected chi connectivity index (χ1v) is 5.22. The minimum absolute atomic E-state index is 0.411. The van der Waals surface area contributed by atoms with Gasteiger partial charge in [-0.1, -0.05) is 13.8 Å². The van der Waals surface area contributed by atoms with Gasteiger partial charge in [0.1, 0.15) is 5.82 Å². The van der Waals surface area contributed by atoms with E-state index in [1.165, 1.54) is 0 Å². The van der Waals surface area contributed by atoms with Crippen molar-refractivity contribution >= 4 is 11.7 Å². The molecule has 0 saturated heterocycles. The lowest BCUT2D eigenvalue weighted by molar-refractivity contribution is 0.1000. The Hall–Kier alpha value is -1.58. The van der Waals surface area contributed by atoms with E-state index < -0.39 is 5.91 Å². The number of carbonyl (C=O) groups excluding carboxylic acids is 1. The van der Waals surface area contributed by atoms with Crippen molar-refractivity contribution in [2.75, 3.05) is 11.9 Å². The minimum Gasteiger partial charge on any atom is -0.370 e. The second-order valence-corrected chi connectivity index (χ2v) is 3.38. The second-order valence-electron chi connectivity index (χ2n) is 3.38. The van der Waals surface area contributed by atoms with E-state index in [-0.39, 0.29) is 0 Å². The fourth-order valence-electron chi connectivity index (χ4n) is 1.25. The summed E-state index contributed by atoms with van der Waals surface area (Å²) in [5.41, 5.74) is 6.63. The molecule has 82 valence electrons. The molecular formula is C11H17N3O. The molecule has 0 fully saturated rings. The number of aryl methyl sites for hydroxylation is 1. The Bertz CT molecular complexity index is 350. The van der Waals surface area contributed by atoms with Gasteiger partial charge >= 0.3 is 0 Å². The molecule has 0 spiro atoms. The van der Waals surface area contributed by atoms with Crippen LogP contribution in [-0.4, -0.2) is 17.4 Å². The lowest BCUT2D eigenvalue weighted by Gasteiger charge is -2.07. The Kier molecular flexibility index (Phi) is 4.09. The maximum atomic E-state index is 11.1. The number of aromatic nitrogens is 1. The first-order chi connectivity index (χ1) is 7.17. The van der Waals surface area contributed by atoms with Gasteiger partial charge in [-0.05, 0) is 25.0 Å². The van der Waals surface area contributed by atoms with Crippen molar-refractivity contribution in [1.82, 2.24) is 4.98 Å². The van der Waals surface area contributed by atoms with Crippen molar-refractivity contribution in [3.8, 4) is 0 Å². The monoisotopic (exact) mass is 207 g/mol. The summed E-state index contributed by atoms with van der Waals surface area (Å²) < 4.78 is 0.